The minimum Gasteiger partial charge on any atom is -0.331 e. The van der Waals surface area contributed by atoms with Gasteiger partial charge in [-0.3, -0.25) is 9.69 Å². The fourth-order valence-corrected chi connectivity index (χ4v) is 3.86. The van der Waals surface area contributed by atoms with E-state index in [2.05, 4.69) is 39.2 Å². The lowest BCUT2D eigenvalue weighted by Gasteiger charge is -2.46. The lowest BCUT2D eigenvalue weighted by molar-refractivity contribution is -0.135. The molecule has 4 heteroatoms. The van der Waals surface area contributed by atoms with Crippen LogP contribution in [0.25, 0.3) is 0 Å². The van der Waals surface area contributed by atoms with Gasteiger partial charge in [-0.05, 0) is 64.2 Å². The molecule has 144 valence electrons. The first-order valence-corrected chi connectivity index (χ1v) is 9.62. The van der Waals surface area contributed by atoms with Gasteiger partial charge in [-0.15, -0.1) is 0 Å². The van der Waals surface area contributed by atoms with Crippen molar-refractivity contribution in [2.24, 2.45) is 0 Å². The molecule has 0 spiro atoms. The molecule has 1 aromatic carbocycles. The number of piperazine rings is 1. The van der Waals surface area contributed by atoms with E-state index in [0.29, 0.717) is 23.6 Å². The summed E-state index contributed by atoms with van der Waals surface area (Å²) in [6.45, 7) is 18.2. The van der Waals surface area contributed by atoms with Gasteiger partial charge in [0.25, 0.3) is 0 Å². The fourth-order valence-electron chi connectivity index (χ4n) is 3.86. The Labute approximate surface area is 157 Å². The van der Waals surface area contributed by atoms with Gasteiger partial charge in [-0.2, -0.15) is 0 Å². The molecule has 0 unspecified atom stereocenters. The smallest absolute Gasteiger partial charge is 0.249 e. The number of rotatable bonds is 5. The summed E-state index contributed by atoms with van der Waals surface area (Å²) in [6, 6.07) is 6.12. The number of carbonyl (C=O) groups excluding carboxylic acids is 1. The number of halogens is 1. The summed E-state index contributed by atoms with van der Waals surface area (Å²) in [5.74, 6) is -0.102. The Bertz CT molecular complexity index is 658. The molecule has 3 nitrogen and oxygen atoms in total. The summed E-state index contributed by atoms with van der Waals surface area (Å²) >= 11 is 0. The largest absolute Gasteiger partial charge is 0.331 e. The van der Waals surface area contributed by atoms with Gasteiger partial charge in [0.2, 0.25) is 5.91 Å². The van der Waals surface area contributed by atoms with Gasteiger partial charge in [0.1, 0.15) is 5.82 Å². The highest BCUT2D eigenvalue weighted by molar-refractivity contribution is 5.93. The number of benzene rings is 1. The quantitative estimate of drug-likeness (QED) is 0.721. The van der Waals surface area contributed by atoms with Gasteiger partial charge in [-0.25, -0.2) is 4.39 Å². The van der Waals surface area contributed by atoms with E-state index in [1.54, 1.807) is 19.1 Å². The third-order valence-corrected chi connectivity index (χ3v) is 5.53. The number of amides is 1. The van der Waals surface area contributed by atoms with Crippen molar-refractivity contribution in [3.63, 3.8) is 0 Å². The van der Waals surface area contributed by atoms with Crippen LogP contribution in [0.3, 0.4) is 0 Å². The van der Waals surface area contributed by atoms with E-state index in [1.807, 2.05) is 17.9 Å². The molecule has 1 saturated heterocycles. The monoisotopic (exact) mass is 360 g/mol. The third-order valence-electron chi connectivity index (χ3n) is 5.53. The Hall–Kier alpha value is -1.68. The first-order chi connectivity index (χ1) is 12.1. The van der Waals surface area contributed by atoms with E-state index in [9.17, 15) is 9.18 Å². The normalized spacial score (nSPS) is 22.5. The van der Waals surface area contributed by atoms with Crippen LogP contribution >= 0.6 is 0 Å². The van der Waals surface area contributed by atoms with E-state index in [-0.39, 0.29) is 29.7 Å². The summed E-state index contributed by atoms with van der Waals surface area (Å²) < 4.78 is 13.8. The SMILES string of the molecule is C=C(C[C@H](C)c1ccc(C)c(F)c1)C(=O)N1[C@H](C)CN(C(C)C)C[C@@H]1C. The van der Waals surface area contributed by atoms with Gasteiger partial charge in [0.05, 0.1) is 0 Å². The zero-order valence-corrected chi connectivity index (χ0v) is 17.1. The molecule has 0 saturated carbocycles. The van der Waals surface area contributed by atoms with Crippen LogP contribution in [0, 0.1) is 12.7 Å². The minimum atomic E-state index is -0.196. The van der Waals surface area contributed by atoms with Crippen LogP contribution in [-0.2, 0) is 4.79 Å². The lowest BCUT2D eigenvalue weighted by atomic mass is 9.92. The molecule has 0 N–H and O–H groups in total. The number of hydrogen-bond donors (Lipinski definition) is 0. The highest BCUT2D eigenvalue weighted by atomic mass is 19.1. The van der Waals surface area contributed by atoms with Crippen molar-refractivity contribution in [1.82, 2.24) is 9.80 Å². The Morgan fingerprint density at radius 3 is 2.31 bits per heavy atom. The van der Waals surface area contributed by atoms with Crippen LogP contribution < -0.4 is 0 Å². The number of carbonyl (C=O) groups is 1. The molecule has 0 aromatic heterocycles. The molecular formula is C22H33FN2O. The summed E-state index contributed by atoms with van der Waals surface area (Å²) in [4.78, 5) is 17.4. The Morgan fingerprint density at radius 2 is 1.81 bits per heavy atom. The topological polar surface area (TPSA) is 23.6 Å². The molecule has 2 rings (SSSR count). The highest BCUT2D eigenvalue weighted by Crippen LogP contribution is 2.27. The van der Waals surface area contributed by atoms with Crippen LogP contribution in [0.2, 0.25) is 0 Å². The molecule has 3 atom stereocenters. The number of nitrogens with zero attached hydrogens (tertiary/aromatic N) is 2. The third kappa shape index (κ3) is 4.53. The van der Waals surface area contributed by atoms with Crippen molar-refractivity contribution < 1.29 is 9.18 Å². The molecule has 0 bridgehead atoms. The predicted octanol–water partition coefficient (Wildman–Crippen LogP) is 4.51. The molecule has 0 aliphatic carbocycles. The summed E-state index contributed by atoms with van der Waals surface area (Å²) in [6.07, 6.45) is 0.547. The van der Waals surface area contributed by atoms with Gasteiger partial charge in [0.15, 0.2) is 0 Å². The average molecular weight is 361 g/mol. The van der Waals surface area contributed by atoms with Gasteiger partial charge < -0.3 is 4.90 Å². The Balaban J connectivity index is 2.04. The van der Waals surface area contributed by atoms with Crippen molar-refractivity contribution in [2.75, 3.05) is 13.1 Å². The maximum Gasteiger partial charge on any atom is 0.249 e. The molecule has 1 aliphatic heterocycles. The van der Waals surface area contributed by atoms with E-state index >= 15 is 0 Å². The second-order valence-electron chi connectivity index (χ2n) is 8.18. The average Bonchev–Trinajstić information content (AvgIpc) is 2.56. The molecule has 1 heterocycles. The first kappa shape index (κ1) is 20.6. The molecule has 1 aliphatic rings. The molecule has 1 fully saturated rings. The second kappa shape index (κ2) is 8.34. The lowest BCUT2D eigenvalue weighted by Crippen LogP contribution is -2.60. The minimum absolute atomic E-state index is 0.0350. The van der Waals surface area contributed by atoms with E-state index in [4.69, 9.17) is 0 Å². The first-order valence-electron chi connectivity index (χ1n) is 9.62. The Morgan fingerprint density at radius 1 is 1.23 bits per heavy atom. The highest BCUT2D eigenvalue weighted by Gasteiger charge is 2.34. The molecule has 1 amide bonds. The van der Waals surface area contributed by atoms with Crippen LogP contribution in [0.15, 0.2) is 30.4 Å². The standard InChI is InChI=1S/C22H33FN2O/c1-14(2)24-12-18(6)25(19(7)13-24)22(26)17(5)10-16(4)20-9-8-15(3)21(23)11-20/h8-9,11,14,16,18-19H,5,10,12-13H2,1-4,6-7H3/t16-,18-,19+/m0/s1. The van der Waals surface area contributed by atoms with Crippen LogP contribution in [0.4, 0.5) is 4.39 Å². The van der Waals surface area contributed by atoms with Gasteiger partial charge >= 0.3 is 0 Å². The maximum absolute atomic E-state index is 13.8. The Kier molecular flexibility index (Phi) is 6.62. The predicted molar refractivity (Wildman–Crippen MR) is 106 cm³/mol. The molecule has 0 radical (unpaired) electrons. The van der Waals surface area contributed by atoms with Crippen molar-refractivity contribution in [3.8, 4) is 0 Å². The van der Waals surface area contributed by atoms with Gasteiger partial charge in [0, 0.05) is 36.8 Å². The molecule has 1 aromatic rings. The van der Waals surface area contributed by atoms with Crippen LogP contribution in [-0.4, -0.2) is 46.9 Å². The van der Waals surface area contributed by atoms with E-state index in [1.165, 1.54) is 0 Å². The van der Waals surface area contributed by atoms with Gasteiger partial charge in [-0.1, -0.05) is 25.6 Å². The number of hydrogen-bond acceptors (Lipinski definition) is 2. The van der Waals surface area contributed by atoms with Crippen LogP contribution in [0.5, 0.6) is 0 Å². The van der Waals surface area contributed by atoms with Crippen LogP contribution in [0.1, 0.15) is 58.1 Å². The molecular weight excluding hydrogens is 327 g/mol. The zero-order chi connectivity index (χ0) is 19.6. The summed E-state index contributed by atoms with van der Waals surface area (Å²) in [5, 5.41) is 0. The van der Waals surface area contributed by atoms with E-state index < -0.39 is 0 Å². The van der Waals surface area contributed by atoms with Crippen molar-refractivity contribution in [1.29, 1.82) is 0 Å². The fraction of sp³-hybridized carbons (Fsp3) is 0.591. The van der Waals surface area contributed by atoms with Crippen molar-refractivity contribution >= 4 is 5.91 Å². The summed E-state index contributed by atoms with van der Waals surface area (Å²) in [7, 11) is 0. The van der Waals surface area contributed by atoms with Crippen molar-refractivity contribution in [2.45, 2.75) is 72.0 Å². The summed E-state index contributed by atoms with van der Waals surface area (Å²) in [5.41, 5.74) is 2.16. The number of aryl methyl sites for hydroxylation is 1. The van der Waals surface area contributed by atoms with E-state index in [0.717, 1.165) is 18.7 Å². The van der Waals surface area contributed by atoms with Crippen molar-refractivity contribution in [3.05, 3.63) is 47.3 Å². The maximum atomic E-state index is 13.8. The zero-order valence-electron chi connectivity index (χ0n) is 17.1. The second-order valence-corrected chi connectivity index (χ2v) is 8.18. The molecule has 26 heavy (non-hydrogen) atoms.